The Bertz CT molecular complexity index is 284. The summed E-state index contributed by atoms with van der Waals surface area (Å²) < 4.78 is 5.01. The molecule has 0 aromatic carbocycles. The average Bonchev–Trinajstić information content (AvgIpc) is 2.65. The van der Waals surface area contributed by atoms with Crippen LogP contribution in [-0.4, -0.2) is 28.6 Å². The molecule has 2 bridgehead atoms. The van der Waals surface area contributed by atoms with Crippen LogP contribution in [0.1, 0.15) is 19.3 Å². The first-order valence-electron chi connectivity index (χ1n) is 5.21. The molecule has 2 N–H and O–H groups in total. The summed E-state index contributed by atoms with van der Waals surface area (Å²) in [4.78, 5) is 11.1. The van der Waals surface area contributed by atoms with E-state index in [4.69, 9.17) is 9.84 Å². The minimum atomic E-state index is -1.09. The van der Waals surface area contributed by atoms with Gasteiger partial charge in [-0.3, -0.25) is 4.79 Å². The summed E-state index contributed by atoms with van der Waals surface area (Å²) in [5.41, 5.74) is 0. The maximum atomic E-state index is 11.1. The standard InChI is InChI=1S/C10H14O4/c11-9(12)7-5-1-2-6(3-5)8(7)10(13)4-14-10/h5-8,13H,1-4H2,(H,11,12). The van der Waals surface area contributed by atoms with Gasteiger partial charge in [0.25, 0.3) is 0 Å². The van der Waals surface area contributed by atoms with Gasteiger partial charge in [-0.15, -0.1) is 0 Å². The van der Waals surface area contributed by atoms with Crippen LogP contribution in [0.15, 0.2) is 0 Å². The largest absolute Gasteiger partial charge is 0.481 e. The second-order valence-corrected chi connectivity index (χ2v) is 4.86. The van der Waals surface area contributed by atoms with Gasteiger partial charge in [0.15, 0.2) is 5.79 Å². The van der Waals surface area contributed by atoms with E-state index in [1.165, 1.54) is 0 Å². The smallest absolute Gasteiger partial charge is 0.307 e. The minimum Gasteiger partial charge on any atom is -0.481 e. The number of aliphatic carboxylic acids is 1. The quantitative estimate of drug-likeness (QED) is 0.632. The lowest BCUT2D eigenvalue weighted by Gasteiger charge is -2.29. The predicted molar refractivity (Wildman–Crippen MR) is 46.3 cm³/mol. The highest BCUT2D eigenvalue weighted by molar-refractivity contribution is 5.72. The first kappa shape index (κ1) is 8.68. The summed E-state index contributed by atoms with van der Waals surface area (Å²) in [6.07, 6.45) is 3.03. The summed E-state index contributed by atoms with van der Waals surface area (Å²) in [5, 5.41) is 19.0. The number of ether oxygens (including phenoxy) is 1. The Balaban J connectivity index is 1.91. The Morgan fingerprint density at radius 1 is 1.36 bits per heavy atom. The summed E-state index contributed by atoms with van der Waals surface area (Å²) in [5.74, 6) is -1.74. The molecule has 5 atom stereocenters. The van der Waals surface area contributed by atoms with Crippen LogP contribution in [0.3, 0.4) is 0 Å². The number of carbonyl (C=O) groups is 1. The zero-order valence-electron chi connectivity index (χ0n) is 7.85. The first-order chi connectivity index (χ1) is 6.62. The van der Waals surface area contributed by atoms with Crippen molar-refractivity contribution in [2.24, 2.45) is 23.7 Å². The topological polar surface area (TPSA) is 70.1 Å². The van der Waals surface area contributed by atoms with E-state index >= 15 is 0 Å². The molecule has 1 heterocycles. The Kier molecular flexibility index (Phi) is 1.55. The van der Waals surface area contributed by atoms with E-state index < -0.39 is 11.8 Å². The van der Waals surface area contributed by atoms with Crippen molar-refractivity contribution >= 4 is 5.97 Å². The third-order valence-corrected chi connectivity index (χ3v) is 4.16. The third-order valence-electron chi connectivity index (χ3n) is 4.16. The van der Waals surface area contributed by atoms with Gasteiger partial charge in [-0.05, 0) is 31.1 Å². The van der Waals surface area contributed by atoms with Gasteiger partial charge in [-0.2, -0.15) is 0 Å². The van der Waals surface area contributed by atoms with Crippen LogP contribution in [0.4, 0.5) is 0 Å². The zero-order valence-corrected chi connectivity index (χ0v) is 7.85. The van der Waals surface area contributed by atoms with Crippen LogP contribution in [0.25, 0.3) is 0 Å². The molecular weight excluding hydrogens is 184 g/mol. The van der Waals surface area contributed by atoms with Gasteiger partial charge in [0, 0.05) is 5.92 Å². The number of hydrogen-bond donors (Lipinski definition) is 2. The molecule has 3 aliphatic rings. The first-order valence-corrected chi connectivity index (χ1v) is 5.21. The van der Waals surface area contributed by atoms with Gasteiger partial charge < -0.3 is 14.9 Å². The number of carboxylic acids is 1. The van der Waals surface area contributed by atoms with Crippen molar-refractivity contribution in [3.8, 4) is 0 Å². The molecule has 1 aliphatic heterocycles. The van der Waals surface area contributed by atoms with E-state index in [1.807, 2.05) is 0 Å². The molecule has 0 aromatic heterocycles. The molecular formula is C10H14O4. The highest BCUT2D eigenvalue weighted by Gasteiger charge is 2.64. The Labute approximate surface area is 81.9 Å². The van der Waals surface area contributed by atoms with E-state index in [0.29, 0.717) is 12.5 Å². The molecule has 4 heteroatoms. The van der Waals surface area contributed by atoms with Crippen LogP contribution < -0.4 is 0 Å². The number of rotatable bonds is 2. The summed E-state index contributed by atoms with van der Waals surface area (Å²) in [7, 11) is 0. The van der Waals surface area contributed by atoms with Crippen molar-refractivity contribution in [3.05, 3.63) is 0 Å². The molecule has 2 saturated carbocycles. The van der Waals surface area contributed by atoms with Gasteiger partial charge >= 0.3 is 5.97 Å². The summed E-state index contributed by atoms with van der Waals surface area (Å²) in [6, 6.07) is 0. The maximum absolute atomic E-state index is 11.1. The van der Waals surface area contributed by atoms with Crippen molar-refractivity contribution in [2.45, 2.75) is 25.0 Å². The summed E-state index contributed by atoms with van der Waals surface area (Å²) in [6.45, 7) is 0.324. The monoisotopic (exact) mass is 198 g/mol. The normalized spacial score (nSPS) is 54.9. The molecule has 78 valence electrons. The van der Waals surface area contributed by atoms with Crippen LogP contribution in [-0.2, 0) is 9.53 Å². The highest BCUT2D eigenvalue weighted by atomic mass is 16.7. The van der Waals surface area contributed by atoms with Gasteiger partial charge in [0.05, 0.1) is 5.92 Å². The van der Waals surface area contributed by atoms with Gasteiger partial charge in [0.1, 0.15) is 6.61 Å². The summed E-state index contributed by atoms with van der Waals surface area (Å²) >= 11 is 0. The molecule has 2 aliphatic carbocycles. The lowest BCUT2D eigenvalue weighted by molar-refractivity contribution is -0.152. The van der Waals surface area contributed by atoms with E-state index in [1.54, 1.807) is 0 Å². The van der Waals surface area contributed by atoms with Crippen LogP contribution in [0.5, 0.6) is 0 Å². The van der Waals surface area contributed by atoms with Crippen molar-refractivity contribution in [3.63, 3.8) is 0 Å². The van der Waals surface area contributed by atoms with Gasteiger partial charge in [0.2, 0.25) is 0 Å². The Morgan fingerprint density at radius 2 is 2.00 bits per heavy atom. The molecule has 0 radical (unpaired) electrons. The molecule has 3 fully saturated rings. The van der Waals surface area contributed by atoms with E-state index in [0.717, 1.165) is 19.3 Å². The molecule has 5 unspecified atom stereocenters. The van der Waals surface area contributed by atoms with E-state index in [2.05, 4.69) is 0 Å². The van der Waals surface area contributed by atoms with Crippen LogP contribution in [0, 0.1) is 23.7 Å². The molecule has 3 rings (SSSR count). The molecule has 0 spiro atoms. The fourth-order valence-corrected chi connectivity index (χ4v) is 3.56. The van der Waals surface area contributed by atoms with Gasteiger partial charge in [-0.25, -0.2) is 0 Å². The second kappa shape index (κ2) is 2.49. The Morgan fingerprint density at radius 3 is 2.57 bits per heavy atom. The molecule has 1 saturated heterocycles. The predicted octanol–water partition coefficient (Wildman–Crippen LogP) is 0.452. The van der Waals surface area contributed by atoms with Crippen LogP contribution in [0.2, 0.25) is 0 Å². The Hall–Kier alpha value is -0.610. The van der Waals surface area contributed by atoms with E-state index in [-0.39, 0.29) is 17.8 Å². The SMILES string of the molecule is O=C(O)C1C2CCC(C2)C1C1(O)CO1. The van der Waals surface area contributed by atoms with Crippen molar-refractivity contribution in [2.75, 3.05) is 6.61 Å². The van der Waals surface area contributed by atoms with Crippen molar-refractivity contribution in [1.29, 1.82) is 0 Å². The average molecular weight is 198 g/mol. The number of hydrogen-bond acceptors (Lipinski definition) is 3. The molecule has 0 aromatic rings. The van der Waals surface area contributed by atoms with Crippen molar-refractivity contribution < 1.29 is 19.7 Å². The maximum Gasteiger partial charge on any atom is 0.307 e. The van der Waals surface area contributed by atoms with E-state index in [9.17, 15) is 9.90 Å². The molecule has 4 nitrogen and oxygen atoms in total. The zero-order chi connectivity index (χ0) is 9.92. The lowest BCUT2D eigenvalue weighted by atomic mass is 9.76. The second-order valence-electron chi connectivity index (χ2n) is 4.86. The minimum absolute atomic E-state index is 0.154. The highest BCUT2D eigenvalue weighted by Crippen LogP contribution is 2.58. The van der Waals surface area contributed by atoms with Crippen molar-refractivity contribution in [1.82, 2.24) is 0 Å². The molecule has 14 heavy (non-hydrogen) atoms. The van der Waals surface area contributed by atoms with Gasteiger partial charge in [-0.1, -0.05) is 0 Å². The third kappa shape index (κ3) is 0.982. The lowest BCUT2D eigenvalue weighted by Crippen LogP contribution is -2.39. The number of aliphatic hydroxyl groups is 1. The number of epoxide rings is 1. The fraction of sp³-hybridized carbons (Fsp3) is 0.900. The fourth-order valence-electron chi connectivity index (χ4n) is 3.56. The number of fused-ring (bicyclic) bond motifs is 2. The molecule has 0 amide bonds. The number of carboxylic acid groups (broad SMARTS) is 1. The van der Waals surface area contributed by atoms with Crippen LogP contribution >= 0.6 is 0 Å².